The lowest BCUT2D eigenvalue weighted by atomic mass is 10.1. The summed E-state index contributed by atoms with van der Waals surface area (Å²) in [5.41, 5.74) is 0. The molecule has 1 fully saturated rings. The highest BCUT2D eigenvalue weighted by Crippen LogP contribution is 2.24. The van der Waals surface area contributed by atoms with E-state index < -0.39 is 0 Å². The summed E-state index contributed by atoms with van der Waals surface area (Å²) < 4.78 is 12.8. The molecule has 1 aromatic carbocycles. The minimum Gasteiger partial charge on any atom is -0.396 e. The van der Waals surface area contributed by atoms with Crippen molar-refractivity contribution in [3.8, 4) is 0 Å². The van der Waals surface area contributed by atoms with Gasteiger partial charge in [-0.15, -0.1) is 11.8 Å². The van der Waals surface area contributed by atoms with Gasteiger partial charge in [-0.3, -0.25) is 4.79 Å². The fourth-order valence-electron chi connectivity index (χ4n) is 2.55. The molecule has 0 radical (unpaired) electrons. The standard InChI is InChI=1S/C15H20FNO2S/c16-12-5-7-14(8-6-12)20-11-15(19)17-9-1-3-13(17)4-2-10-18/h5-8,13,18H,1-4,9-11H2. The Balaban J connectivity index is 1.83. The number of carbonyl (C=O) groups excluding carboxylic acids is 1. The number of aliphatic hydroxyl groups excluding tert-OH is 1. The average molecular weight is 297 g/mol. The third kappa shape index (κ3) is 4.21. The topological polar surface area (TPSA) is 40.5 Å². The van der Waals surface area contributed by atoms with Crippen molar-refractivity contribution < 1.29 is 14.3 Å². The Kier molecular flexibility index (Phi) is 5.86. The molecule has 0 aromatic heterocycles. The second kappa shape index (κ2) is 7.64. The van der Waals surface area contributed by atoms with Crippen LogP contribution >= 0.6 is 11.8 Å². The number of likely N-dealkylation sites (tertiary alicyclic amines) is 1. The maximum atomic E-state index is 12.8. The second-order valence-electron chi connectivity index (χ2n) is 4.99. The number of benzene rings is 1. The molecule has 1 aliphatic rings. The predicted octanol–water partition coefficient (Wildman–Crippen LogP) is 2.68. The summed E-state index contributed by atoms with van der Waals surface area (Å²) in [6, 6.07) is 6.49. The van der Waals surface area contributed by atoms with E-state index in [1.54, 1.807) is 12.1 Å². The van der Waals surface area contributed by atoms with Gasteiger partial charge in [0.25, 0.3) is 0 Å². The van der Waals surface area contributed by atoms with Gasteiger partial charge in [0.05, 0.1) is 5.75 Å². The van der Waals surface area contributed by atoms with Crippen LogP contribution in [0.1, 0.15) is 25.7 Å². The molecule has 1 amide bonds. The molecule has 1 saturated heterocycles. The first-order valence-electron chi connectivity index (χ1n) is 6.99. The maximum Gasteiger partial charge on any atom is 0.233 e. The van der Waals surface area contributed by atoms with Gasteiger partial charge in [0.2, 0.25) is 5.91 Å². The molecule has 2 rings (SSSR count). The van der Waals surface area contributed by atoms with Crippen molar-refractivity contribution in [2.24, 2.45) is 0 Å². The van der Waals surface area contributed by atoms with Crippen LogP contribution in [0.25, 0.3) is 0 Å². The van der Waals surface area contributed by atoms with Gasteiger partial charge < -0.3 is 10.0 Å². The molecule has 0 aliphatic carbocycles. The van der Waals surface area contributed by atoms with Crippen molar-refractivity contribution >= 4 is 17.7 Å². The molecule has 0 saturated carbocycles. The first-order chi connectivity index (χ1) is 9.70. The van der Waals surface area contributed by atoms with E-state index in [4.69, 9.17) is 5.11 Å². The van der Waals surface area contributed by atoms with E-state index >= 15 is 0 Å². The van der Waals surface area contributed by atoms with E-state index in [1.807, 2.05) is 4.90 Å². The molecule has 5 heteroatoms. The molecule has 0 bridgehead atoms. The van der Waals surface area contributed by atoms with Crippen LogP contribution in [-0.2, 0) is 4.79 Å². The van der Waals surface area contributed by atoms with Crippen LogP contribution in [0.15, 0.2) is 29.2 Å². The van der Waals surface area contributed by atoms with Crippen LogP contribution in [0.2, 0.25) is 0 Å². The molecule has 1 N–H and O–H groups in total. The zero-order valence-corrected chi connectivity index (χ0v) is 12.2. The van der Waals surface area contributed by atoms with E-state index in [-0.39, 0.29) is 24.4 Å². The highest BCUT2D eigenvalue weighted by atomic mass is 32.2. The number of aliphatic hydroxyl groups is 1. The summed E-state index contributed by atoms with van der Waals surface area (Å²) in [7, 11) is 0. The lowest BCUT2D eigenvalue weighted by Crippen LogP contribution is -2.36. The van der Waals surface area contributed by atoms with E-state index in [9.17, 15) is 9.18 Å². The molecular formula is C15H20FNO2S. The molecule has 1 atom stereocenters. The van der Waals surface area contributed by atoms with Crippen LogP contribution in [0.3, 0.4) is 0 Å². The van der Waals surface area contributed by atoms with Gasteiger partial charge in [0.1, 0.15) is 5.82 Å². The minimum absolute atomic E-state index is 0.139. The molecule has 1 heterocycles. The Morgan fingerprint density at radius 2 is 2.15 bits per heavy atom. The minimum atomic E-state index is -0.260. The van der Waals surface area contributed by atoms with Gasteiger partial charge in [-0.25, -0.2) is 4.39 Å². The fraction of sp³-hybridized carbons (Fsp3) is 0.533. The van der Waals surface area contributed by atoms with E-state index in [0.29, 0.717) is 5.75 Å². The number of carbonyl (C=O) groups is 1. The number of amides is 1. The van der Waals surface area contributed by atoms with Crippen molar-refractivity contribution in [2.45, 2.75) is 36.6 Å². The molecular weight excluding hydrogens is 277 g/mol. The third-order valence-electron chi connectivity index (χ3n) is 3.57. The van der Waals surface area contributed by atoms with Gasteiger partial charge in [-0.2, -0.15) is 0 Å². The molecule has 20 heavy (non-hydrogen) atoms. The Morgan fingerprint density at radius 1 is 1.40 bits per heavy atom. The van der Waals surface area contributed by atoms with Crippen molar-refractivity contribution in [1.29, 1.82) is 0 Å². The molecule has 1 unspecified atom stereocenters. The van der Waals surface area contributed by atoms with Crippen molar-refractivity contribution in [2.75, 3.05) is 18.9 Å². The number of halogens is 1. The summed E-state index contributed by atoms with van der Waals surface area (Å²) >= 11 is 1.44. The summed E-state index contributed by atoms with van der Waals surface area (Å²) in [6.07, 6.45) is 3.71. The molecule has 3 nitrogen and oxygen atoms in total. The van der Waals surface area contributed by atoms with Crippen LogP contribution in [0.5, 0.6) is 0 Å². The van der Waals surface area contributed by atoms with Crippen LogP contribution in [-0.4, -0.2) is 40.9 Å². The quantitative estimate of drug-likeness (QED) is 0.821. The Labute approximate surface area is 123 Å². The number of rotatable bonds is 6. The van der Waals surface area contributed by atoms with Gasteiger partial charge in [-0.1, -0.05) is 0 Å². The smallest absolute Gasteiger partial charge is 0.233 e. The predicted molar refractivity (Wildman–Crippen MR) is 78.2 cm³/mol. The molecule has 0 spiro atoms. The average Bonchev–Trinajstić information content (AvgIpc) is 2.92. The highest BCUT2D eigenvalue weighted by Gasteiger charge is 2.27. The van der Waals surface area contributed by atoms with Crippen LogP contribution in [0.4, 0.5) is 4.39 Å². The number of hydrogen-bond donors (Lipinski definition) is 1. The van der Waals surface area contributed by atoms with Gasteiger partial charge >= 0.3 is 0 Å². The van der Waals surface area contributed by atoms with Gasteiger partial charge in [0.15, 0.2) is 0 Å². The summed E-state index contributed by atoms with van der Waals surface area (Å²) in [4.78, 5) is 15.1. The van der Waals surface area contributed by atoms with Crippen molar-refractivity contribution in [3.63, 3.8) is 0 Å². The SMILES string of the molecule is O=C(CSc1ccc(F)cc1)N1CCCC1CCCO. The zero-order valence-electron chi connectivity index (χ0n) is 11.4. The number of hydrogen-bond acceptors (Lipinski definition) is 3. The first kappa shape index (κ1) is 15.3. The van der Waals surface area contributed by atoms with Crippen molar-refractivity contribution in [1.82, 2.24) is 4.90 Å². The largest absolute Gasteiger partial charge is 0.396 e. The Hall–Kier alpha value is -1.07. The molecule has 110 valence electrons. The zero-order chi connectivity index (χ0) is 14.4. The van der Waals surface area contributed by atoms with E-state index in [0.717, 1.165) is 37.1 Å². The van der Waals surface area contributed by atoms with Crippen LogP contribution < -0.4 is 0 Å². The number of thioether (sulfide) groups is 1. The second-order valence-corrected chi connectivity index (χ2v) is 6.04. The van der Waals surface area contributed by atoms with Crippen LogP contribution in [0, 0.1) is 5.82 Å². The van der Waals surface area contributed by atoms with E-state index in [1.165, 1.54) is 23.9 Å². The van der Waals surface area contributed by atoms with Crippen molar-refractivity contribution in [3.05, 3.63) is 30.1 Å². The lowest BCUT2D eigenvalue weighted by molar-refractivity contribution is -0.129. The molecule has 1 aromatic rings. The Morgan fingerprint density at radius 3 is 2.85 bits per heavy atom. The normalized spacial score (nSPS) is 18.5. The van der Waals surface area contributed by atoms with Gasteiger partial charge in [0, 0.05) is 24.1 Å². The first-order valence-corrected chi connectivity index (χ1v) is 7.98. The third-order valence-corrected chi connectivity index (χ3v) is 4.57. The monoisotopic (exact) mass is 297 g/mol. The number of nitrogens with zero attached hydrogens (tertiary/aromatic N) is 1. The van der Waals surface area contributed by atoms with E-state index in [2.05, 4.69) is 0 Å². The summed E-state index contributed by atoms with van der Waals surface area (Å²) in [6.45, 7) is 1.00. The van der Waals surface area contributed by atoms with Gasteiger partial charge in [-0.05, 0) is 49.9 Å². The summed E-state index contributed by atoms with van der Waals surface area (Å²) in [5, 5.41) is 8.89. The fourth-order valence-corrected chi connectivity index (χ4v) is 3.33. The highest BCUT2D eigenvalue weighted by molar-refractivity contribution is 8.00. The Bertz CT molecular complexity index is 438. The maximum absolute atomic E-state index is 12.8. The summed E-state index contributed by atoms with van der Waals surface area (Å²) in [5.74, 6) is 0.269. The molecule has 1 aliphatic heterocycles. The lowest BCUT2D eigenvalue weighted by Gasteiger charge is -2.24.